The third-order valence-corrected chi connectivity index (χ3v) is 7.81. The van der Waals surface area contributed by atoms with Crippen molar-refractivity contribution >= 4 is 27.5 Å². The average Bonchev–Trinajstić information content (AvgIpc) is 3.34. The Hall–Kier alpha value is -1.94. The van der Waals surface area contributed by atoms with E-state index in [1.165, 1.54) is 11.8 Å². The van der Waals surface area contributed by atoms with Crippen LogP contribution >= 0.6 is 11.8 Å². The SMILES string of the molecule is CCN(C(=O)CSc1nnc(-c2cccnc2)n1C1CC1)[C@@H]1CCS(=O)(=O)C1. The summed E-state index contributed by atoms with van der Waals surface area (Å²) in [4.78, 5) is 18.6. The third kappa shape index (κ3) is 4.07. The van der Waals surface area contributed by atoms with E-state index in [0.29, 0.717) is 19.0 Å². The van der Waals surface area contributed by atoms with Gasteiger partial charge in [-0.3, -0.25) is 14.3 Å². The summed E-state index contributed by atoms with van der Waals surface area (Å²) in [6, 6.07) is 3.97. The first-order chi connectivity index (χ1) is 13.5. The number of hydrogen-bond donors (Lipinski definition) is 0. The average molecular weight is 422 g/mol. The Bertz CT molecular complexity index is 957. The van der Waals surface area contributed by atoms with E-state index in [0.717, 1.165) is 29.4 Å². The second kappa shape index (κ2) is 7.82. The number of sulfone groups is 1. The molecule has 0 unspecified atom stereocenters. The fourth-order valence-electron chi connectivity index (χ4n) is 3.60. The molecule has 8 nitrogen and oxygen atoms in total. The third-order valence-electron chi connectivity index (χ3n) is 5.13. The maximum atomic E-state index is 12.8. The highest BCUT2D eigenvalue weighted by Gasteiger charge is 2.34. The molecule has 1 aliphatic carbocycles. The molecule has 2 aliphatic rings. The molecule has 150 valence electrons. The molecular formula is C18H23N5O3S2. The van der Waals surface area contributed by atoms with Crippen molar-refractivity contribution in [2.45, 2.75) is 43.4 Å². The van der Waals surface area contributed by atoms with Crippen LogP contribution in [0.3, 0.4) is 0 Å². The molecule has 2 aromatic rings. The molecule has 1 aliphatic heterocycles. The van der Waals surface area contributed by atoms with E-state index >= 15 is 0 Å². The molecule has 1 atom stereocenters. The van der Waals surface area contributed by atoms with E-state index in [1.54, 1.807) is 17.3 Å². The first-order valence-corrected chi connectivity index (χ1v) is 12.3. The van der Waals surface area contributed by atoms with Gasteiger partial charge < -0.3 is 4.90 Å². The van der Waals surface area contributed by atoms with Gasteiger partial charge in [0, 0.05) is 36.6 Å². The second-order valence-corrected chi connectivity index (χ2v) is 10.3. The summed E-state index contributed by atoms with van der Waals surface area (Å²) in [5.41, 5.74) is 0.909. The molecule has 1 saturated carbocycles. The van der Waals surface area contributed by atoms with Crippen LogP contribution in [0.15, 0.2) is 29.7 Å². The van der Waals surface area contributed by atoms with Crippen LogP contribution in [-0.2, 0) is 14.6 Å². The zero-order chi connectivity index (χ0) is 19.7. The van der Waals surface area contributed by atoms with Crippen LogP contribution in [0.25, 0.3) is 11.4 Å². The summed E-state index contributed by atoms with van der Waals surface area (Å²) in [5, 5.41) is 9.37. The number of carbonyl (C=O) groups excluding carboxylic acids is 1. The molecular weight excluding hydrogens is 398 g/mol. The zero-order valence-corrected chi connectivity index (χ0v) is 17.3. The lowest BCUT2D eigenvalue weighted by Crippen LogP contribution is -2.42. The molecule has 0 bridgehead atoms. The van der Waals surface area contributed by atoms with Gasteiger partial charge in [-0.15, -0.1) is 10.2 Å². The fraction of sp³-hybridized carbons (Fsp3) is 0.556. The summed E-state index contributed by atoms with van der Waals surface area (Å²) in [7, 11) is -3.02. The van der Waals surface area contributed by atoms with Crippen LogP contribution in [-0.4, -0.2) is 68.8 Å². The van der Waals surface area contributed by atoms with Crippen LogP contribution in [0.5, 0.6) is 0 Å². The predicted molar refractivity (Wildman–Crippen MR) is 107 cm³/mol. The van der Waals surface area contributed by atoms with Gasteiger partial charge >= 0.3 is 0 Å². The smallest absolute Gasteiger partial charge is 0.233 e. The topological polar surface area (TPSA) is 98.1 Å². The predicted octanol–water partition coefficient (Wildman–Crippen LogP) is 1.80. The minimum atomic E-state index is -3.02. The maximum Gasteiger partial charge on any atom is 0.233 e. The van der Waals surface area contributed by atoms with Gasteiger partial charge in [-0.1, -0.05) is 11.8 Å². The number of pyridine rings is 1. The highest BCUT2D eigenvalue weighted by molar-refractivity contribution is 7.99. The number of nitrogens with zero attached hydrogens (tertiary/aromatic N) is 5. The Morgan fingerprint density at radius 3 is 2.75 bits per heavy atom. The van der Waals surface area contributed by atoms with Crippen LogP contribution in [0.4, 0.5) is 0 Å². The van der Waals surface area contributed by atoms with Gasteiger partial charge in [0.2, 0.25) is 5.91 Å². The van der Waals surface area contributed by atoms with E-state index in [9.17, 15) is 13.2 Å². The van der Waals surface area contributed by atoms with Crippen molar-refractivity contribution in [1.82, 2.24) is 24.6 Å². The Morgan fingerprint density at radius 1 is 1.32 bits per heavy atom. The monoisotopic (exact) mass is 421 g/mol. The van der Waals surface area contributed by atoms with Crippen LogP contribution < -0.4 is 0 Å². The highest BCUT2D eigenvalue weighted by atomic mass is 32.2. The van der Waals surface area contributed by atoms with Gasteiger partial charge in [0.25, 0.3) is 0 Å². The Labute approximate surface area is 168 Å². The summed E-state index contributed by atoms with van der Waals surface area (Å²) in [6.45, 7) is 2.40. The summed E-state index contributed by atoms with van der Waals surface area (Å²) in [6.07, 6.45) is 6.16. The first-order valence-electron chi connectivity index (χ1n) is 9.46. The molecule has 0 N–H and O–H groups in total. The standard InChI is InChI=1S/C18H23N5O3S2/c1-2-22(15-7-9-28(25,26)12-15)16(24)11-27-18-21-20-17(23(18)14-5-6-14)13-4-3-8-19-10-13/h3-4,8,10,14-15H,2,5-7,9,11-12H2,1H3/t15-/m1/s1. The lowest BCUT2D eigenvalue weighted by Gasteiger charge is -2.26. The number of amides is 1. The molecule has 0 aromatic carbocycles. The van der Waals surface area contributed by atoms with E-state index in [1.807, 2.05) is 19.1 Å². The zero-order valence-electron chi connectivity index (χ0n) is 15.7. The molecule has 10 heteroatoms. The van der Waals surface area contributed by atoms with E-state index in [-0.39, 0.29) is 29.2 Å². The minimum Gasteiger partial charge on any atom is -0.338 e. The molecule has 1 saturated heterocycles. The van der Waals surface area contributed by atoms with Crippen molar-refractivity contribution in [3.05, 3.63) is 24.5 Å². The van der Waals surface area contributed by atoms with Crippen molar-refractivity contribution in [3.63, 3.8) is 0 Å². The molecule has 28 heavy (non-hydrogen) atoms. The van der Waals surface area contributed by atoms with Crippen molar-refractivity contribution in [2.75, 3.05) is 23.8 Å². The van der Waals surface area contributed by atoms with Crippen molar-refractivity contribution < 1.29 is 13.2 Å². The maximum absolute atomic E-state index is 12.8. The van der Waals surface area contributed by atoms with Crippen molar-refractivity contribution in [1.29, 1.82) is 0 Å². The van der Waals surface area contributed by atoms with Crippen molar-refractivity contribution in [2.24, 2.45) is 0 Å². The number of hydrogen-bond acceptors (Lipinski definition) is 7. The lowest BCUT2D eigenvalue weighted by molar-refractivity contribution is -0.129. The molecule has 2 aromatic heterocycles. The summed E-state index contributed by atoms with van der Waals surface area (Å²) in [5.74, 6) is 1.19. The van der Waals surface area contributed by atoms with E-state index in [2.05, 4.69) is 19.7 Å². The molecule has 0 radical (unpaired) electrons. The highest BCUT2D eigenvalue weighted by Crippen LogP contribution is 2.41. The van der Waals surface area contributed by atoms with Crippen LogP contribution in [0, 0.1) is 0 Å². The van der Waals surface area contributed by atoms with Crippen molar-refractivity contribution in [3.8, 4) is 11.4 Å². The molecule has 4 rings (SSSR count). The lowest BCUT2D eigenvalue weighted by atomic mass is 10.2. The Morgan fingerprint density at radius 2 is 2.14 bits per heavy atom. The number of thioether (sulfide) groups is 1. The Kier molecular flexibility index (Phi) is 5.42. The second-order valence-electron chi connectivity index (χ2n) is 7.17. The molecule has 0 spiro atoms. The van der Waals surface area contributed by atoms with E-state index < -0.39 is 9.84 Å². The Balaban J connectivity index is 1.47. The molecule has 2 fully saturated rings. The normalized spacial score (nSPS) is 21.0. The molecule has 1 amide bonds. The van der Waals surface area contributed by atoms with Gasteiger partial charge in [-0.25, -0.2) is 8.42 Å². The summed E-state index contributed by atoms with van der Waals surface area (Å²) < 4.78 is 25.6. The number of aromatic nitrogens is 4. The van der Waals surface area contributed by atoms with Crippen LogP contribution in [0.1, 0.15) is 32.2 Å². The largest absolute Gasteiger partial charge is 0.338 e. The van der Waals surface area contributed by atoms with Gasteiger partial charge in [0.1, 0.15) is 0 Å². The number of rotatable bonds is 7. The van der Waals surface area contributed by atoms with E-state index in [4.69, 9.17) is 0 Å². The molecule has 3 heterocycles. The quantitative estimate of drug-likeness (QED) is 0.629. The first kappa shape index (κ1) is 19.4. The van der Waals surface area contributed by atoms with Gasteiger partial charge in [0.05, 0.1) is 17.3 Å². The number of carbonyl (C=O) groups is 1. The minimum absolute atomic E-state index is 0.0529. The fourth-order valence-corrected chi connectivity index (χ4v) is 6.22. The van der Waals surface area contributed by atoms with Crippen LogP contribution in [0.2, 0.25) is 0 Å². The summed E-state index contributed by atoms with van der Waals surface area (Å²) >= 11 is 1.37. The van der Waals surface area contributed by atoms with Gasteiger partial charge in [0.15, 0.2) is 20.8 Å². The van der Waals surface area contributed by atoms with Gasteiger partial charge in [-0.05, 0) is 38.3 Å². The van der Waals surface area contributed by atoms with Gasteiger partial charge in [-0.2, -0.15) is 0 Å².